The molecule has 7 nitrogen and oxygen atoms in total. The van der Waals surface area contributed by atoms with Gasteiger partial charge in [-0.3, -0.25) is 4.72 Å². The third-order valence-corrected chi connectivity index (χ3v) is 8.49. The number of hydrogen-bond donors (Lipinski definition) is 2. The van der Waals surface area contributed by atoms with Crippen molar-refractivity contribution < 1.29 is 26.7 Å². The Kier molecular flexibility index (Phi) is 10.6. The van der Waals surface area contributed by atoms with Gasteiger partial charge in [-0.25, -0.2) is 9.97 Å². The molecule has 11 heteroatoms. The summed E-state index contributed by atoms with van der Waals surface area (Å²) in [4.78, 5) is 10.6. The normalized spacial score (nSPS) is 16.8. The lowest BCUT2D eigenvalue weighted by Crippen LogP contribution is -2.27. The molecule has 41 heavy (non-hydrogen) atoms. The van der Waals surface area contributed by atoms with E-state index >= 15 is 0 Å². The average Bonchev–Trinajstić information content (AvgIpc) is 2.94. The average molecular weight is 591 g/mol. The molecule has 0 fully saturated rings. The molecule has 4 bridgehead atoms. The molecule has 2 aromatic heterocycles. The van der Waals surface area contributed by atoms with Crippen LogP contribution in [0.2, 0.25) is 0 Å². The van der Waals surface area contributed by atoms with Gasteiger partial charge in [-0.1, -0.05) is 62.4 Å². The number of unbranched alkanes of at least 4 members (excludes halogenated alkanes) is 1. The van der Waals surface area contributed by atoms with E-state index < -0.39 is 21.8 Å². The van der Waals surface area contributed by atoms with Gasteiger partial charge in [0.15, 0.2) is 5.03 Å². The predicted octanol–water partition coefficient (Wildman–Crippen LogP) is 6.83. The van der Waals surface area contributed by atoms with Crippen molar-refractivity contribution >= 4 is 21.7 Å². The van der Waals surface area contributed by atoms with E-state index in [4.69, 9.17) is 0 Å². The SMILES string of the molecule is O=S1(=O)Nc2ccc(C(F)(F)F)c(n2)-c2ccccc2CCCCCCCCCN(CCCCO)c2cccc1n2. The van der Waals surface area contributed by atoms with Crippen LogP contribution in [0.4, 0.5) is 24.8 Å². The molecule has 0 unspecified atom stereocenters. The minimum Gasteiger partial charge on any atom is -0.396 e. The highest BCUT2D eigenvalue weighted by molar-refractivity contribution is 7.92. The Morgan fingerprint density at radius 3 is 2.34 bits per heavy atom. The lowest BCUT2D eigenvalue weighted by atomic mass is 9.96. The van der Waals surface area contributed by atoms with Crippen molar-refractivity contribution in [1.82, 2.24) is 9.97 Å². The maximum absolute atomic E-state index is 14.1. The summed E-state index contributed by atoms with van der Waals surface area (Å²) >= 11 is 0. The van der Waals surface area contributed by atoms with Gasteiger partial charge < -0.3 is 10.0 Å². The lowest BCUT2D eigenvalue weighted by molar-refractivity contribution is -0.137. The van der Waals surface area contributed by atoms with Gasteiger partial charge in [-0.2, -0.15) is 21.6 Å². The van der Waals surface area contributed by atoms with E-state index in [1.165, 1.54) is 6.07 Å². The lowest BCUT2D eigenvalue weighted by Gasteiger charge is -2.24. The van der Waals surface area contributed by atoms with E-state index in [0.29, 0.717) is 37.3 Å². The summed E-state index contributed by atoms with van der Waals surface area (Å²) in [5, 5.41) is 8.98. The Labute approximate surface area is 239 Å². The Balaban J connectivity index is 1.74. The molecule has 0 radical (unpaired) electrons. The van der Waals surface area contributed by atoms with Crippen LogP contribution in [0, 0.1) is 0 Å². The second-order valence-corrected chi connectivity index (χ2v) is 12.0. The number of sulfonamides is 1. The monoisotopic (exact) mass is 590 g/mol. The molecular formula is C30H37F3N4O3S. The molecule has 0 saturated carbocycles. The van der Waals surface area contributed by atoms with Gasteiger partial charge in [-0.15, -0.1) is 0 Å². The van der Waals surface area contributed by atoms with Crippen LogP contribution in [0.3, 0.4) is 0 Å². The summed E-state index contributed by atoms with van der Waals surface area (Å²) in [7, 11) is -4.25. The maximum atomic E-state index is 14.1. The number of nitrogens with one attached hydrogen (secondary N) is 1. The molecular weight excluding hydrogens is 553 g/mol. The molecule has 0 aliphatic carbocycles. The van der Waals surface area contributed by atoms with E-state index in [-0.39, 0.29) is 23.1 Å². The van der Waals surface area contributed by atoms with Gasteiger partial charge in [0.2, 0.25) is 0 Å². The zero-order valence-electron chi connectivity index (χ0n) is 23.0. The molecule has 1 aliphatic rings. The van der Waals surface area contributed by atoms with Gasteiger partial charge in [0.25, 0.3) is 10.0 Å². The van der Waals surface area contributed by atoms with Crippen LogP contribution in [0.15, 0.2) is 59.6 Å². The highest BCUT2D eigenvalue weighted by atomic mass is 32.2. The topological polar surface area (TPSA) is 95.4 Å². The second-order valence-electron chi connectivity index (χ2n) is 10.3. The Hall–Kier alpha value is -3.18. The van der Waals surface area contributed by atoms with Crippen LogP contribution in [0.5, 0.6) is 0 Å². The number of alkyl halides is 3. The standard InChI is InChI=1S/C30H37F3N4O3S/c31-30(32,33)25-18-19-26-34-29(25)24-15-8-7-14-23(24)13-6-4-2-1-3-5-9-20-37(21-10-11-22-38)27-16-12-17-28(35-27)41(39,40)36-26/h7-8,12,14-19,38H,1-6,9-11,13,20-22H2,(H,34,36). The second kappa shape index (κ2) is 14.1. The summed E-state index contributed by atoms with van der Waals surface area (Å²) in [6.07, 6.45) is 4.25. The molecule has 0 atom stereocenters. The first-order chi connectivity index (χ1) is 19.7. The van der Waals surface area contributed by atoms with Gasteiger partial charge in [0, 0.05) is 25.3 Å². The molecule has 0 amide bonds. The number of anilines is 2. The molecule has 3 heterocycles. The molecule has 2 N–H and O–H groups in total. The number of aryl methyl sites for hydroxylation is 1. The van der Waals surface area contributed by atoms with E-state index in [2.05, 4.69) is 14.7 Å². The minimum atomic E-state index is -4.67. The summed E-state index contributed by atoms with van der Waals surface area (Å²) in [6.45, 7) is 1.40. The number of benzene rings is 1. The molecule has 222 valence electrons. The van der Waals surface area contributed by atoms with Crippen molar-refractivity contribution in [2.24, 2.45) is 0 Å². The molecule has 1 aliphatic heterocycles. The van der Waals surface area contributed by atoms with E-state index in [0.717, 1.165) is 69.1 Å². The third-order valence-electron chi connectivity index (χ3n) is 7.23. The number of aromatic nitrogens is 2. The van der Waals surface area contributed by atoms with E-state index in [1.54, 1.807) is 30.3 Å². The summed E-state index contributed by atoms with van der Waals surface area (Å²) in [5.74, 6) is 0.277. The first kappa shape index (κ1) is 30.8. The van der Waals surface area contributed by atoms with Crippen molar-refractivity contribution in [1.29, 1.82) is 0 Å². The van der Waals surface area contributed by atoms with Crippen LogP contribution in [-0.4, -0.2) is 43.2 Å². The van der Waals surface area contributed by atoms with Gasteiger partial charge in [0.1, 0.15) is 11.6 Å². The van der Waals surface area contributed by atoms with Crippen molar-refractivity contribution in [2.45, 2.75) is 75.4 Å². The number of halogens is 3. The van der Waals surface area contributed by atoms with Gasteiger partial charge >= 0.3 is 6.18 Å². The first-order valence-electron chi connectivity index (χ1n) is 14.2. The number of aliphatic hydroxyl groups is 1. The van der Waals surface area contributed by atoms with E-state index in [9.17, 15) is 26.7 Å². The highest BCUT2D eigenvalue weighted by Gasteiger charge is 2.35. The number of hydrogen-bond acceptors (Lipinski definition) is 6. The molecule has 4 rings (SSSR count). The van der Waals surface area contributed by atoms with Crippen LogP contribution in [0.1, 0.15) is 68.9 Å². The zero-order chi connectivity index (χ0) is 29.3. The van der Waals surface area contributed by atoms with Crippen LogP contribution in [-0.2, 0) is 22.6 Å². The highest BCUT2D eigenvalue weighted by Crippen LogP contribution is 2.38. The number of fused-ring (bicyclic) bond motifs is 6. The fourth-order valence-electron chi connectivity index (χ4n) is 5.10. The zero-order valence-corrected chi connectivity index (χ0v) is 23.9. The first-order valence-corrected chi connectivity index (χ1v) is 15.7. The largest absolute Gasteiger partial charge is 0.418 e. The predicted molar refractivity (Wildman–Crippen MR) is 154 cm³/mol. The quantitative estimate of drug-likeness (QED) is 0.324. The minimum absolute atomic E-state index is 0.0756. The van der Waals surface area contributed by atoms with Crippen molar-refractivity contribution in [3.63, 3.8) is 0 Å². The summed E-state index contributed by atoms with van der Waals surface area (Å²) < 4.78 is 71.2. The number of rotatable bonds is 4. The summed E-state index contributed by atoms with van der Waals surface area (Å²) in [5.41, 5.74) is -0.141. The fraction of sp³-hybridized carbons (Fsp3) is 0.467. The van der Waals surface area contributed by atoms with Gasteiger partial charge in [0.05, 0.1) is 11.3 Å². The smallest absolute Gasteiger partial charge is 0.396 e. The Morgan fingerprint density at radius 1 is 0.854 bits per heavy atom. The van der Waals surface area contributed by atoms with E-state index in [1.807, 2.05) is 11.0 Å². The number of nitrogens with zero attached hydrogens (tertiary/aromatic N) is 3. The van der Waals surface area contributed by atoms with Crippen LogP contribution < -0.4 is 9.62 Å². The third kappa shape index (κ3) is 8.42. The molecule has 0 saturated heterocycles. The Morgan fingerprint density at radius 2 is 1.59 bits per heavy atom. The van der Waals surface area contributed by atoms with Crippen LogP contribution in [0.25, 0.3) is 11.3 Å². The van der Waals surface area contributed by atoms with Crippen molar-refractivity contribution in [3.05, 3.63) is 65.7 Å². The van der Waals surface area contributed by atoms with Crippen LogP contribution >= 0.6 is 0 Å². The molecule has 3 aromatic rings. The molecule has 0 spiro atoms. The van der Waals surface area contributed by atoms with Gasteiger partial charge in [-0.05, 0) is 61.9 Å². The molecule has 1 aromatic carbocycles. The maximum Gasteiger partial charge on any atom is 0.418 e. The summed E-state index contributed by atoms with van der Waals surface area (Å²) in [6, 6.07) is 13.5. The van der Waals surface area contributed by atoms with Crippen molar-refractivity contribution in [2.75, 3.05) is 29.3 Å². The fourth-order valence-corrected chi connectivity index (χ4v) is 6.06. The Bertz CT molecular complexity index is 1400. The number of aliphatic hydroxyl groups excluding tert-OH is 1. The number of pyridine rings is 2. The van der Waals surface area contributed by atoms with Crippen molar-refractivity contribution in [3.8, 4) is 11.3 Å².